The molecule has 7 aromatic carbocycles. The van der Waals surface area contributed by atoms with Gasteiger partial charge in [0.05, 0.1) is 9.85 Å². The number of nitro groups is 2. The molecule has 0 fully saturated rings. The molecule has 0 aliphatic heterocycles. The summed E-state index contributed by atoms with van der Waals surface area (Å²) in [5.41, 5.74) is 4.14. The summed E-state index contributed by atoms with van der Waals surface area (Å²) in [6.07, 6.45) is 0. The number of nitrogens with zero attached hydrogens (tertiary/aromatic N) is 2. The van der Waals surface area contributed by atoms with Gasteiger partial charge < -0.3 is 20.1 Å². The van der Waals surface area contributed by atoms with Gasteiger partial charge in [-0.2, -0.15) is 0 Å². The molecule has 0 heterocycles. The summed E-state index contributed by atoms with van der Waals surface area (Å²) in [7, 11) is 0. The van der Waals surface area contributed by atoms with Crippen LogP contribution in [0.3, 0.4) is 0 Å². The Morgan fingerprint density at radius 3 is 1.09 bits per heavy atom. The van der Waals surface area contributed by atoms with Crippen LogP contribution < -0.4 is 20.1 Å². The molecule has 286 valence electrons. The maximum atomic E-state index is 12.6. The quantitative estimate of drug-likeness (QED) is 0.0665. The highest BCUT2D eigenvalue weighted by Crippen LogP contribution is 2.40. The second-order valence-corrected chi connectivity index (χ2v) is 13.3. The largest absolute Gasteiger partial charge is 0.457 e. The van der Waals surface area contributed by atoms with E-state index in [0.717, 1.165) is 16.7 Å². The first kappa shape index (κ1) is 38.2. The Morgan fingerprint density at radius 1 is 0.448 bits per heavy atom. The summed E-state index contributed by atoms with van der Waals surface area (Å²) in [6.45, 7) is 2.17. The van der Waals surface area contributed by atoms with Crippen molar-refractivity contribution >= 4 is 34.6 Å². The third-order valence-electron chi connectivity index (χ3n) is 9.59. The minimum atomic E-state index is -0.536. The van der Waals surface area contributed by atoms with E-state index in [2.05, 4.69) is 29.7 Å². The maximum absolute atomic E-state index is 12.6. The zero-order chi connectivity index (χ0) is 40.6. The fourth-order valence-electron chi connectivity index (χ4n) is 6.34. The Labute approximate surface area is 332 Å². The van der Waals surface area contributed by atoms with Crippen LogP contribution in [0.1, 0.15) is 44.3 Å². The van der Waals surface area contributed by atoms with E-state index in [4.69, 9.17) is 9.47 Å². The first-order valence-electron chi connectivity index (χ1n) is 18.0. The Hall–Kier alpha value is -8.12. The van der Waals surface area contributed by atoms with Gasteiger partial charge in [0.2, 0.25) is 0 Å². The number of hydrogen-bond acceptors (Lipinski definition) is 8. The maximum Gasteiger partial charge on any atom is 0.269 e. The molecule has 58 heavy (non-hydrogen) atoms. The molecule has 0 bridgehead atoms. The van der Waals surface area contributed by atoms with Crippen LogP contribution in [0.5, 0.6) is 23.0 Å². The number of carbonyl (C=O) groups excluding carboxylic acids is 2. The number of rotatable bonds is 13. The molecule has 0 unspecified atom stereocenters. The molecule has 2 amide bonds. The van der Waals surface area contributed by atoms with Crippen molar-refractivity contribution in [3.05, 3.63) is 224 Å². The number of nitro benzene ring substituents is 2. The second kappa shape index (κ2) is 16.7. The van der Waals surface area contributed by atoms with Crippen LogP contribution in [-0.2, 0) is 5.41 Å². The van der Waals surface area contributed by atoms with E-state index in [1.54, 1.807) is 48.5 Å². The Morgan fingerprint density at radius 2 is 0.759 bits per heavy atom. The van der Waals surface area contributed by atoms with Crippen molar-refractivity contribution in [2.75, 3.05) is 10.6 Å². The Bertz CT molecular complexity index is 2400. The van der Waals surface area contributed by atoms with Crippen molar-refractivity contribution in [2.24, 2.45) is 0 Å². The zero-order valence-corrected chi connectivity index (χ0v) is 30.9. The van der Waals surface area contributed by atoms with Crippen molar-refractivity contribution in [1.29, 1.82) is 0 Å². The lowest BCUT2D eigenvalue weighted by Crippen LogP contribution is -2.25. The molecule has 0 aromatic heterocycles. The summed E-state index contributed by atoms with van der Waals surface area (Å²) in [5.74, 6) is 1.63. The van der Waals surface area contributed by atoms with E-state index in [9.17, 15) is 29.8 Å². The van der Waals surface area contributed by atoms with Gasteiger partial charge in [0.15, 0.2) is 0 Å². The lowest BCUT2D eigenvalue weighted by molar-refractivity contribution is -0.385. The number of anilines is 2. The number of hydrogen-bond donors (Lipinski definition) is 2. The molecule has 7 rings (SSSR count). The van der Waals surface area contributed by atoms with E-state index in [1.165, 1.54) is 48.5 Å². The average Bonchev–Trinajstić information content (AvgIpc) is 3.25. The minimum absolute atomic E-state index is 0.0895. The topological polar surface area (TPSA) is 163 Å². The van der Waals surface area contributed by atoms with Crippen LogP contribution >= 0.6 is 0 Å². The van der Waals surface area contributed by atoms with Gasteiger partial charge in [-0.1, -0.05) is 54.6 Å². The van der Waals surface area contributed by atoms with E-state index in [-0.39, 0.29) is 23.2 Å². The molecule has 0 radical (unpaired) electrons. The lowest BCUT2D eigenvalue weighted by atomic mass is 9.71. The van der Waals surface area contributed by atoms with Crippen LogP contribution in [0.4, 0.5) is 22.7 Å². The average molecular weight is 771 g/mol. The summed E-state index contributed by atoms with van der Waals surface area (Å²) in [5, 5.41) is 27.4. The van der Waals surface area contributed by atoms with E-state index in [0.29, 0.717) is 45.5 Å². The fraction of sp³-hybridized carbons (Fsp3) is 0.0435. The highest BCUT2D eigenvalue weighted by atomic mass is 16.6. The first-order chi connectivity index (χ1) is 28.0. The van der Waals surface area contributed by atoms with Crippen LogP contribution in [0, 0.1) is 20.2 Å². The fourth-order valence-corrected chi connectivity index (χ4v) is 6.34. The summed E-state index contributed by atoms with van der Waals surface area (Å²) in [4.78, 5) is 46.0. The lowest BCUT2D eigenvalue weighted by Gasteiger charge is -2.32. The standard InChI is InChI=1S/C46H34N4O8/c1-46(33-5-3-2-4-6-33,34-11-23-40(24-12-34)57-42-27-15-36(16-28-42)47-44(51)31-7-19-38(20-8-31)49(53)54)35-13-25-41(26-14-35)58-43-29-17-37(18-30-43)48-45(52)32-9-21-39(22-10-32)50(55)56/h2-30H,1H3,(H,47,51)(H,48,52). The van der Waals surface area contributed by atoms with Gasteiger partial charge in [-0.3, -0.25) is 29.8 Å². The van der Waals surface area contributed by atoms with Gasteiger partial charge in [0.25, 0.3) is 23.2 Å². The minimum Gasteiger partial charge on any atom is -0.457 e. The highest BCUT2D eigenvalue weighted by Gasteiger charge is 2.31. The van der Waals surface area contributed by atoms with Gasteiger partial charge >= 0.3 is 0 Å². The van der Waals surface area contributed by atoms with Crippen LogP contribution in [0.15, 0.2) is 176 Å². The number of benzene rings is 7. The second-order valence-electron chi connectivity index (χ2n) is 13.3. The predicted molar refractivity (Wildman–Crippen MR) is 220 cm³/mol. The third kappa shape index (κ3) is 8.72. The van der Waals surface area contributed by atoms with Crippen LogP contribution in [-0.4, -0.2) is 21.7 Å². The van der Waals surface area contributed by atoms with Gasteiger partial charge in [0.1, 0.15) is 23.0 Å². The number of ether oxygens (including phenoxy) is 2. The van der Waals surface area contributed by atoms with E-state index >= 15 is 0 Å². The van der Waals surface area contributed by atoms with E-state index < -0.39 is 15.3 Å². The van der Waals surface area contributed by atoms with Gasteiger partial charge in [-0.05, 0) is 121 Å². The molecule has 7 aromatic rings. The molecule has 2 N–H and O–H groups in total. The molecule has 0 atom stereocenters. The molecule has 0 spiro atoms. The molecular formula is C46H34N4O8. The van der Waals surface area contributed by atoms with Gasteiger partial charge in [0, 0.05) is 52.2 Å². The van der Waals surface area contributed by atoms with Crippen molar-refractivity contribution in [1.82, 2.24) is 0 Å². The van der Waals surface area contributed by atoms with Gasteiger partial charge in [-0.25, -0.2) is 0 Å². The first-order valence-corrected chi connectivity index (χ1v) is 18.0. The predicted octanol–water partition coefficient (Wildman–Crippen LogP) is 10.9. The summed E-state index contributed by atoms with van der Waals surface area (Å²) >= 11 is 0. The van der Waals surface area contributed by atoms with Crippen LogP contribution in [0.2, 0.25) is 0 Å². The smallest absolute Gasteiger partial charge is 0.269 e. The number of nitrogens with one attached hydrogen (secondary N) is 2. The molecule has 0 saturated carbocycles. The normalized spacial score (nSPS) is 10.9. The molecule has 0 aliphatic rings. The Kier molecular flexibility index (Phi) is 11.0. The van der Waals surface area contributed by atoms with Gasteiger partial charge in [-0.15, -0.1) is 0 Å². The number of non-ortho nitro benzene ring substituents is 2. The zero-order valence-electron chi connectivity index (χ0n) is 30.9. The van der Waals surface area contributed by atoms with Crippen LogP contribution in [0.25, 0.3) is 0 Å². The number of carbonyl (C=O) groups is 2. The van der Waals surface area contributed by atoms with Crippen molar-refractivity contribution in [3.63, 3.8) is 0 Å². The molecule has 0 aliphatic carbocycles. The molecular weight excluding hydrogens is 737 g/mol. The molecule has 12 nitrogen and oxygen atoms in total. The Balaban J connectivity index is 1.00. The summed E-state index contributed by atoms with van der Waals surface area (Å²) in [6, 6.07) is 50.6. The van der Waals surface area contributed by atoms with Crippen molar-refractivity contribution in [2.45, 2.75) is 12.3 Å². The molecule has 0 saturated heterocycles. The SMILES string of the molecule is CC(c1ccccc1)(c1ccc(Oc2ccc(NC(=O)c3ccc([N+](=O)[O-])cc3)cc2)cc1)c1ccc(Oc2ccc(NC(=O)c3ccc([N+](=O)[O-])cc3)cc2)cc1. The van der Waals surface area contributed by atoms with Crippen molar-refractivity contribution in [3.8, 4) is 23.0 Å². The summed E-state index contributed by atoms with van der Waals surface area (Å²) < 4.78 is 12.3. The number of amides is 2. The monoisotopic (exact) mass is 770 g/mol. The highest BCUT2D eigenvalue weighted by molar-refractivity contribution is 6.05. The molecule has 12 heteroatoms. The van der Waals surface area contributed by atoms with Crippen molar-refractivity contribution < 1.29 is 28.9 Å². The third-order valence-corrected chi connectivity index (χ3v) is 9.59. The van der Waals surface area contributed by atoms with E-state index in [1.807, 2.05) is 66.7 Å².